The molecule has 0 radical (unpaired) electrons. The van der Waals surface area contributed by atoms with E-state index in [9.17, 15) is 0 Å². The lowest BCUT2D eigenvalue weighted by molar-refractivity contribution is 1.30. The zero-order valence-electron chi connectivity index (χ0n) is 14.4. The van der Waals surface area contributed by atoms with E-state index in [0.29, 0.717) is 5.02 Å². The van der Waals surface area contributed by atoms with E-state index in [1.54, 1.807) is 0 Å². The van der Waals surface area contributed by atoms with E-state index < -0.39 is 0 Å². The third-order valence-corrected chi connectivity index (χ3v) is 4.98. The van der Waals surface area contributed by atoms with E-state index >= 15 is 0 Å². The fourth-order valence-electron chi connectivity index (χ4n) is 3.40. The minimum atomic E-state index is 0.708. The number of nitrogens with zero attached hydrogens (tertiary/aromatic N) is 2. The molecule has 0 aliphatic rings. The molecule has 0 bridgehead atoms. The third kappa shape index (κ3) is 2.84. The van der Waals surface area contributed by atoms with E-state index in [4.69, 9.17) is 21.6 Å². The summed E-state index contributed by atoms with van der Waals surface area (Å²) in [7, 11) is 0. The maximum absolute atomic E-state index is 6.09. The summed E-state index contributed by atoms with van der Waals surface area (Å²) < 4.78 is 0. The molecule has 128 valence electrons. The van der Waals surface area contributed by atoms with Gasteiger partial charge in [-0.1, -0.05) is 84.4 Å². The van der Waals surface area contributed by atoms with Crippen LogP contribution in [0.3, 0.4) is 0 Å². The number of hydrogen-bond acceptors (Lipinski definition) is 2. The second-order valence-electron chi connectivity index (χ2n) is 6.45. The van der Waals surface area contributed by atoms with E-state index in [1.165, 1.54) is 0 Å². The van der Waals surface area contributed by atoms with Crippen molar-refractivity contribution in [3.8, 4) is 22.5 Å². The molecule has 0 saturated carbocycles. The Morgan fingerprint density at radius 2 is 1.22 bits per heavy atom. The summed E-state index contributed by atoms with van der Waals surface area (Å²) in [5.74, 6) is 0. The molecule has 1 heterocycles. The molecule has 0 amide bonds. The topological polar surface area (TPSA) is 25.8 Å². The summed E-state index contributed by atoms with van der Waals surface area (Å²) in [5, 5.41) is 2.98. The monoisotopic (exact) mass is 366 g/mol. The smallest absolute Gasteiger partial charge is 0.0973 e. The molecule has 1 aromatic heterocycles. The maximum Gasteiger partial charge on any atom is 0.0973 e. The Morgan fingerprint density at radius 3 is 2.04 bits per heavy atom. The molecule has 5 aromatic rings. The zero-order valence-corrected chi connectivity index (χ0v) is 15.2. The number of benzene rings is 4. The minimum absolute atomic E-state index is 0.708. The van der Waals surface area contributed by atoms with Gasteiger partial charge >= 0.3 is 0 Å². The van der Waals surface area contributed by atoms with Gasteiger partial charge in [0.25, 0.3) is 0 Å². The average Bonchev–Trinajstić information content (AvgIpc) is 2.74. The second kappa shape index (κ2) is 6.49. The first-order valence-electron chi connectivity index (χ1n) is 8.80. The Hall–Kier alpha value is -3.23. The molecule has 0 atom stereocenters. The van der Waals surface area contributed by atoms with Crippen LogP contribution in [0.2, 0.25) is 5.02 Å². The standard InChI is InChI=1S/C24H15ClN2/c25-19-13-10-18(11-14-19)23-22(17-7-2-1-3-8-17)26-21-15-12-16-6-4-5-9-20(16)24(21)27-23/h1-15H. The van der Waals surface area contributed by atoms with Gasteiger partial charge < -0.3 is 0 Å². The number of halogens is 1. The normalized spacial score (nSPS) is 11.1. The predicted molar refractivity (Wildman–Crippen MR) is 113 cm³/mol. The van der Waals surface area contributed by atoms with Gasteiger partial charge in [-0.25, -0.2) is 9.97 Å². The van der Waals surface area contributed by atoms with Gasteiger partial charge in [-0.3, -0.25) is 0 Å². The van der Waals surface area contributed by atoms with Crippen molar-refractivity contribution in [3.05, 3.63) is 96.0 Å². The van der Waals surface area contributed by atoms with E-state index in [-0.39, 0.29) is 0 Å². The molecule has 0 unspecified atom stereocenters. The molecule has 0 aliphatic heterocycles. The molecular weight excluding hydrogens is 352 g/mol. The summed E-state index contributed by atoms with van der Waals surface area (Å²) >= 11 is 6.09. The summed E-state index contributed by atoms with van der Waals surface area (Å²) in [6.07, 6.45) is 0. The Morgan fingerprint density at radius 1 is 0.556 bits per heavy atom. The van der Waals surface area contributed by atoms with Crippen LogP contribution in [0.15, 0.2) is 91.0 Å². The highest BCUT2D eigenvalue weighted by Crippen LogP contribution is 2.33. The minimum Gasteiger partial charge on any atom is -0.244 e. The van der Waals surface area contributed by atoms with E-state index in [2.05, 4.69) is 30.3 Å². The Bertz CT molecular complexity index is 1260. The Balaban J connectivity index is 1.88. The second-order valence-corrected chi connectivity index (χ2v) is 6.88. The molecule has 0 N–H and O–H groups in total. The third-order valence-electron chi connectivity index (χ3n) is 4.72. The van der Waals surface area contributed by atoms with Crippen molar-refractivity contribution in [1.82, 2.24) is 9.97 Å². The van der Waals surface area contributed by atoms with E-state index in [0.717, 1.165) is 44.3 Å². The molecule has 4 aromatic carbocycles. The lowest BCUT2D eigenvalue weighted by Crippen LogP contribution is -1.96. The van der Waals surface area contributed by atoms with Gasteiger partial charge in [-0.2, -0.15) is 0 Å². The quantitative estimate of drug-likeness (QED) is 0.322. The van der Waals surface area contributed by atoms with Crippen LogP contribution in [0.25, 0.3) is 44.3 Å². The van der Waals surface area contributed by atoms with Crippen molar-refractivity contribution >= 4 is 33.4 Å². The maximum atomic E-state index is 6.09. The van der Waals surface area contributed by atoms with Crippen molar-refractivity contribution in [3.63, 3.8) is 0 Å². The number of rotatable bonds is 2. The average molecular weight is 367 g/mol. The fraction of sp³-hybridized carbons (Fsp3) is 0. The van der Waals surface area contributed by atoms with Crippen LogP contribution >= 0.6 is 11.6 Å². The first-order chi connectivity index (χ1) is 13.3. The lowest BCUT2D eigenvalue weighted by Gasteiger charge is -2.12. The van der Waals surface area contributed by atoms with Crippen LogP contribution in [-0.4, -0.2) is 9.97 Å². The largest absolute Gasteiger partial charge is 0.244 e. The van der Waals surface area contributed by atoms with Crippen LogP contribution in [0.4, 0.5) is 0 Å². The van der Waals surface area contributed by atoms with Crippen molar-refractivity contribution in [1.29, 1.82) is 0 Å². The van der Waals surface area contributed by atoms with Crippen LogP contribution in [0, 0.1) is 0 Å². The zero-order chi connectivity index (χ0) is 18.2. The van der Waals surface area contributed by atoms with Crippen LogP contribution in [-0.2, 0) is 0 Å². The highest BCUT2D eigenvalue weighted by Gasteiger charge is 2.14. The van der Waals surface area contributed by atoms with Gasteiger partial charge in [0.15, 0.2) is 0 Å². The first kappa shape index (κ1) is 16.0. The lowest BCUT2D eigenvalue weighted by atomic mass is 10.0. The Kier molecular flexibility index (Phi) is 3.84. The Labute approximate surface area is 162 Å². The number of fused-ring (bicyclic) bond motifs is 3. The van der Waals surface area contributed by atoms with E-state index in [1.807, 2.05) is 60.7 Å². The van der Waals surface area contributed by atoms with Gasteiger partial charge in [0.1, 0.15) is 0 Å². The highest BCUT2D eigenvalue weighted by molar-refractivity contribution is 6.30. The number of hydrogen-bond donors (Lipinski definition) is 0. The van der Waals surface area contributed by atoms with Gasteiger partial charge in [0.05, 0.1) is 22.4 Å². The molecule has 3 heteroatoms. The molecule has 0 aliphatic carbocycles. The highest BCUT2D eigenvalue weighted by atomic mass is 35.5. The fourth-order valence-corrected chi connectivity index (χ4v) is 3.52. The van der Waals surface area contributed by atoms with Crippen LogP contribution < -0.4 is 0 Å². The molecule has 5 rings (SSSR count). The molecule has 2 nitrogen and oxygen atoms in total. The van der Waals surface area contributed by atoms with Crippen molar-refractivity contribution in [2.75, 3.05) is 0 Å². The summed E-state index contributed by atoms with van der Waals surface area (Å²) in [5.41, 5.74) is 5.59. The summed E-state index contributed by atoms with van der Waals surface area (Å²) in [6.45, 7) is 0. The predicted octanol–water partition coefficient (Wildman–Crippen LogP) is 6.77. The molecule has 0 saturated heterocycles. The van der Waals surface area contributed by atoms with Crippen LogP contribution in [0.1, 0.15) is 0 Å². The van der Waals surface area contributed by atoms with Gasteiger partial charge in [-0.15, -0.1) is 0 Å². The van der Waals surface area contributed by atoms with Crippen molar-refractivity contribution in [2.45, 2.75) is 0 Å². The first-order valence-corrected chi connectivity index (χ1v) is 9.18. The SMILES string of the molecule is Clc1ccc(-c2nc3c(ccc4ccccc43)nc2-c2ccccc2)cc1. The summed E-state index contributed by atoms with van der Waals surface area (Å²) in [6, 6.07) is 30.4. The molecule has 27 heavy (non-hydrogen) atoms. The van der Waals surface area contributed by atoms with Crippen molar-refractivity contribution in [2.24, 2.45) is 0 Å². The number of aromatic nitrogens is 2. The molecule has 0 spiro atoms. The van der Waals surface area contributed by atoms with Gasteiger partial charge in [-0.05, 0) is 23.6 Å². The van der Waals surface area contributed by atoms with Crippen molar-refractivity contribution < 1.29 is 0 Å². The van der Waals surface area contributed by atoms with Gasteiger partial charge in [0.2, 0.25) is 0 Å². The van der Waals surface area contributed by atoms with Crippen LogP contribution in [0.5, 0.6) is 0 Å². The molecular formula is C24H15ClN2. The summed E-state index contributed by atoms with van der Waals surface area (Å²) in [4.78, 5) is 10.1. The molecule has 0 fully saturated rings. The van der Waals surface area contributed by atoms with Gasteiger partial charge in [0, 0.05) is 21.5 Å².